The number of nitrogens with one attached hydrogen (secondary N) is 1. The Hall–Kier alpha value is -4.95. The number of nitrogens with two attached hydrogens (primary N) is 2. The van der Waals surface area contributed by atoms with Crippen molar-refractivity contribution >= 4 is 92.9 Å². The van der Waals surface area contributed by atoms with E-state index in [0.29, 0.717) is 49.0 Å². The van der Waals surface area contributed by atoms with Crippen molar-refractivity contribution in [2.24, 2.45) is 0 Å². The molecule has 0 unspecified atom stereocenters. The van der Waals surface area contributed by atoms with Gasteiger partial charge in [0.15, 0.2) is 17.0 Å². The summed E-state index contributed by atoms with van der Waals surface area (Å²) in [6.45, 7) is -0.0778. The van der Waals surface area contributed by atoms with E-state index in [9.17, 15) is 14.4 Å². The molecule has 51 heavy (non-hydrogen) atoms. The molecule has 3 aromatic carbocycles. The predicted octanol–water partition coefficient (Wildman–Crippen LogP) is 6.20. The van der Waals surface area contributed by atoms with Crippen molar-refractivity contribution in [1.82, 2.24) is 25.3 Å². The highest BCUT2D eigenvalue weighted by Gasteiger charge is 2.25. The molecule has 0 saturated heterocycles. The number of halogens is 4. The van der Waals surface area contributed by atoms with E-state index in [4.69, 9.17) is 67.3 Å². The molecule has 0 fully saturated rings. The summed E-state index contributed by atoms with van der Waals surface area (Å²) in [4.78, 5) is 57.9. The SMILES string of the molecule is CN(Cc1cnc2nc(N)nc(N)c2n1)c1ccc(C(=O)N[C@H](CCC(=O)OCc2c(Cl)cccc2Cl)C(=O)OCc2c(Cl)cccc2Cl)cc1. The van der Waals surface area contributed by atoms with Crippen LogP contribution in [0.15, 0.2) is 66.9 Å². The third-order valence-electron chi connectivity index (χ3n) is 7.56. The largest absolute Gasteiger partial charge is 0.461 e. The minimum absolute atomic E-state index is 0.00590. The van der Waals surface area contributed by atoms with Gasteiger partial charge in [-0.25, -0.2) is 14.8 Å². The van der Waals surface area contributed by atoms with Crippen LogP contribution in [0, 0.1) is 0 Å². The molecular formula is C34H30Cl4N8O5. The lowest BCUT2D eigenvalue weighted by Gasteiger charge is -2.20. The van der Waals surface area contributed by atoms with Gasteiger partial charge in [0.2, 0.25) is 5.95 Å². The fourth-order valence-electron chi connectivity index (χ4n) is 4.82. The van der Waals surface area contributed by atoms with E-state index < -0.39 is 23.9 Å². The van der Waals surface area contributed by atoms with Gasteiger partial charge in [0, 0.05) is 55.9 Å². The van der Waals surface area contributed by atoms with Crippen LogP contribution in [-0.2, 0) is 38.8 Å². The van der Waals surface area contributed by atoms with Gasteiger partial charge in [0.1, 0.15) is 19.3 Å². The number of rotatable bonds is 13. The zero-order valence-electron chi connectivity index (χ0n) is 26.9. The lowest BCUT2D eigenvalue weighted by molar-refractivity contribution is -0.148. The van der Waals surface area contributed by atoms with Crippen molar-refractivity contribution < 1.29 is 23.9 Å². The van der Waals surface area contributed by atoms with E-state index >= 15 is 0 Å². The van der Waals surface area contributed by atoms with E-state index in [1.54, 1.807) is 66.9 Å². The zero-order chi connectivity index (χ0) is 36.7. The molecule has 1 atom stereocenters. The Morgan fingerprint density at radius 1 is 0.824 bits per heavy atom. The molecule has 264 valence electrons. The molecule has 0 bridgehead atoms. The van der Waals surface area contributed by atoms with Gasteiger partial charge in [-0.05, 0) is 55.0 Å². The number of ether oxygens (including phenoxy) is 2. The van der Waals surface area contributed by atoms with Crippen molar-refractivity contribution in [2.75, 3.05) is 23.4 Å². The summed E-state index contributed by atoms with van der Waals surface area (Å²) >= 11 is 24.8. The highest BCUT2D eigenvalue weighted by molar-refractivity contribution is 6.36. The smallest absolute Gasteiger partial charge is 0.328 e. The number of fused-ring (bicyclic) bond motifs is 1. The third kappa shape index (κ3) is 9.64. The Kier molecular flexibility index (Phi) is 12.3. The van der Waals surface area contributed by atoms with Crippen LogP contribution in [0.25, 0.3) is 11.2 Å². The average molecular weight is 772 g/mol. The molecule has 1 amide bonds. The lowest BCUT2D eigenvalue weighted by Crippen LogP contribution is -2.42. The summed E-state index contributed by atoms with van der Waals surface area (Å²) < 4.78 is 10.8. The van der Waals surface area contributed by atoms with E-state index in [0.717, 1.165) is 5.69 Å². The summed E-state index contributed by atoms with van der Waals surface area (Å²) in [5, 5.41) is 3.96. The molecule has 13 nitrogen and oxygen atoms in total. The number of hydrogen-bond acceptors (Lipinski definition) is 12. The van der Waals surface area contributed by atoms with Crippen molar-refractivity contribution in [3.05, 3.63) is 109 Å². The fourth-order valence-corrected chi connectivity index (χ4v) is 5.84. The quantitative estimate of drug-likeness (QED) is 0.115. The highest BCUT2D eigenvalue weighted by atomic mass is 35.5. The number of carbonyl (C=O) groups is 3. The number of benzene rings is 3. The molecule has 2 aromatic heterocycles. The minimum atomic E-state index is -1.23. The summed E-state index contributed by atoms with van der Waals surface area (Å²) in [6, 6.07) is 15.2. The molecule has 0 aliphatic carbocycles. The van der Waals surface area contributed by atoms with E-state index in [1.807, 2.05) is 11.9 Å². The van der Waals surface area contributed by atoms with Gasteiger partial charge in [0.25, 0.3) is 5.91 Å². The zero-order valence-corrected chi connectivity index (χ0v) is 29.9. The summed E-state index contributed by atoms with van der Waals surface area (Å²) in [7, 11) is 1.83. The first-order chi connectivity index (χ1) is 24.4. The molecule has 0 radical (unpaired) electrons. The summed E-state index contributed by atoms with van der Waals surface area (Å²) in [5.74, 6) is -1.89. The van der Waals surface area contributed by atoms with E-state index in [2.05, 4.69) is 25.3 Å². The van der Waals surface area contributed by atoms with Gasteiger partial charge in [-0.1, -0.05) is 58.5 Å². The summed E-state index contributed by atoms with van der Waals surface area (Å²) in [5.41, 5.74) is 14.6. The first-order valence-electron chi connectivity index (χ1n) is 15.2. The number of nitrogen functional groups attached to an aromatic ring is 2. The highest BCUT2D eigenvalue weighted by Crippen LogP contribution is 2.27. The Morgan fingerprint density at radius 3 is 2.02 bits per heavy atom. The Balaban J connectivity index is 1.24. The Labute approximate surface area is 312 Å². The number of anilines is 3. The fraction of sp³-hybridized carbons (Fsp3) is 0.206. The standard InChI is InChI=1S/C34H30Cl4N8O5/c1-46(15-19-14-41-31-29(42-19)30(39)44-34(40)45-31)20-10-8-18(9-11-20)32(48)43-27(33(49)51-17-22-25(37)6-3-7-26(22)38)12-13-28(47)50-16-21-23(35)4-2-5-24(21)36/h2-11,14,27H,12-13,15-17H2,1H3,(H,43,48)(H4,39,40,41,44,45)/t27-/m1/s1. The maximum absolute atomic E-state index is 13.4. The van der Waals surface area contributed by atoms with Crippen LogP contribution in [-0.4, -0.2) is 50.9 Å². The number of carbonyl (C=O) groups excluding carboxylic acids is 3. The van der Waals surface area contributed by atoms with Crippen LogP contribution >= 0.6 is 46.4 Å². The van der Waals surface area contributed by atoms with Crippen LogP contribution in [0.4, 0.5) is 17.5 Å². The Bertz CT molecular complexity index is 2050. The van der Waals surface area contributed by atoms with Gasteiger partial charge < -0.3 is 31.2 Å². The van der Waals surface area contributed by atoms with Crippen molar-refractivity contribution in [3.8, 4) is 0 Å². The second-order valence-corrected chi connectivity index (χ2v) is 12.8. The molecule has 5 N–H and O–H groups in total. The topological polar surface area (TPSA) is 189 Å². The van der Waals surface area contributed by atoms with Crippen molar-refractivity contribution in [2.45, 2.75) is 38.6 Å². The van der Waals surface area contributed by atoms with Crippen molar-refractivity contribution in [3.63, 3.8) is 0 Å². The molecule has 17 heteroatoms. The second kappa shape index (κ2) is 16.8. The summed E-state index contributed by atoms with van der Waals surface area (Å²) in [6.07, 6.45) is 1.19. The number of nitrogens with zero attached hydrogens (tertiary/aromatic N) is 5. The number of esters is 2. The first-order valence-corrected chi connectivity index (χ1v) is 16.8. The van der Waals surface area contributed by atoms with Gasteiger partial charge in [-0.2, -0.15) is 9.97 Å². The number of hydrogen-bond donors (Lipinski definition) is 3. The maximum atomic E-state index is 13.4. The van der Waals surface area contributed by atoms with Gasteiger partial charge in [0.05, 0.1) is 18.4 Å². The molecule has 0 saturated carbocycles. The minimum Gasteiger partial charge on any atom is -0.461 e. The monoisotopic (exact) mass is 770 g/mol. The molecule has 5 aromatic rings. The first kappa shape index (κ1) is 37.3. The molecule has 5 rings (SSSR count). The molecule has 0 spiro atoms. The maximum Gasteiger partial charge on any atom is 0.328 e. The van der Waals surface area contributed by atoms with E-state index in [-0.39, 0.29) is 49.0 Å². The molecule has 0 aliphatic heterocycles. The number of aromatic nitrogens is 4. The van der Waals surface area contributed by atoms with Crippen LogP contribution < -0.4 is 21.7 Å². The van der Waals surface area contributed by atoms with Gasteiger partial charge in [-0.15, -0.1) is 0 Å². The lowest BCUT2D eigenvalue weighted by atomic mass is 10.1. The Morgan fingerprint density at radius 2 is 1.41 bits per heavy atom. The number of amides is 1. The third-order valence-corrected chi connectivity index (χ3v) is 8.97. The van der Waals surface area contributed by atoms with Gasteiger partial charge in [-0.3, -0.25) is 9.59 Å². The van der Waals surface area contributed by atoms with Crippen LogP contribution in [0.2, 0.25) is 20.1 Å². The van der Waals surface area contributed by atoms with Crippen molar-refractivity contribution in [1.29, 1.82) is 0 Å². The van der Waals surface area contributed by atoms with Gasteiger partial charge >= 0.3 is 11.9 Å². The molecular weight excluding hydrogens is 742 g/mol. The van der Waals surface area contributed by atoms with Crippen LogP contribution in [0.3, 0.4) is 0 Å². The predicted molar refractivity (Wildman–Crippen MR) is 196 cm³/mol. The normalized spacial score (nSPS) is 11.5. The second-order valence-electron chi connectivity index (χ2n) is 11.1. The average Bonchev–Trinajstić information content (AvgIpc) is 3.09. The van der Waals surface area contributed by atoms with E-state index in [1.165, 1.54) is 0 Å². The molecule has 2 heterocycles. The van der Waals surface area contributed by atoms with Crippen LogP contribution in [0.1, 0.15) is 40.0 Å². The molecule has 0 aliphatic rings. The van der Waals surface area contributed by atoms with Crippen LogP contribution in [0.5, 0.6) is 0 Å².